The molecule has 92 valence electrons. The van der Waals surface area contributed by atoms with Crippen LogP contribution in [0.4, 0.5) is 0 Å². The molecule has 1 N–H and O–H groups in total. The summed E-state index contributed by atoms with van der Waals surface area (Å²) < 4.78 is 5.69. The lowest BCUT2D eigenvalue weighted by atomic mass is 10.1. The third kappa shape index (κ3) is 3.67. The van der Waals surface area contributed by atoms with Gasteiger partial charge in [0, 0.05) is 24.9 Å². The van der Waals surface area contributed by atoms with Crippen LogP contribution in [-0.2, 0) is 4.74 Å². The van der Waals surface area contributed by atoms with Crippen molar-refractivity contribution in [3.8, 4) is 0 Å². The van der Waals surface area contributed by atoms with Gasteiger partial charge < -0.3 is 10.1 Å². The summed E-state index contributed by atoms with van der Waals surface area (Å²) >= 11 is 1.86. The molecule has 2 rings (SSSR count). The van der Waals surface area contributed by atoms with Crippen LogP contribution in [-0.4, -0.2) is 36.2 Å². The molecule has 0 aromatic carbocycles. The summed E-state index contributed by atoms with van der Waals surface area (Å²) in [6.45, 7) is 4.08. The molecule has 0 radical (unpaired) electrons. The second-order valence-corrected chi connectivity index (χ2v) is 5.53. The van der Waals surface area contributed by atoms with E-state index in [1.807, 2.05) is 11.8 Å². The van der Waals surface area contributed by atoms with Crippen LogP contribution in [0.5, 0.6) is 0 Å². The molecule has 4 heteroatoms. The van der Waals surface area contributed by atoms with Gasteiger partial charge in [0.25, 0.3) is 0 Å². The van der Waals surface area contributed by atoms with E-state index in [2.05, 4.69) is 17.2 Å². The number of ether oxygens (including phenoxy) is 1. The zero-order chi connectivity index (χ0) is 11.2. The van der Waals surface area contributed by atoms with Gasteiger partial charge in [-0.3, -0.25) is 4.99 Å². The Morgan fingerprint density at radius 2 is 2.44 bits per heavy atom. The molecular weight excluding hydrogens is 220 g/mol. The second kappa shape index (κ2) is 6.50. The number of nitrogens with zero attached hydrogens (tertiary/aromatic N) is 1. The number of hydrogen-bond donors (Lipinski definition) is 1. The van der Waals surface area contributed by atoms with Crippen molar-refractivity contribution in [1.29, 1.82) is 0 Å². The topological polar surface area (TPSA) is 33.6 Å². The zero-order valence-electron chi connectivity index (χ0n) is 10.1. The first-order chi connectivity index (χ1) is 7.88. The van der Waals surface area contributed by atoms with E-state index in [1.54, 1.807) is 0 Å². The number of thioether (sulfide) groups is 1. The minimum atomic E-state index is 0.464. The quantitative estimate of drug-likeness (QED) is 0.822. The van der Waals surface area contributed by atoms with Crippen molar-refractivity contribution in [1.82, 2.24) is 5.32 Å². The highest BCUT2D eigenvalue weighted by molar-refractivity contribution is 8.14. The lowest BCUT2D eigenvalue weighted by Gasteiger charge is -2.21. The molecule has 0 saturated carbocycles. The fraction of sp³-hybridized carbons (Fsp3) is 0.917. The van der Waals surface area contributed by atoms with Crippen molar-refractivity contribution in [2.24, 2.45) is 4.99 Å². The van der Waals surface area contributed by atoms with Crippen molar-refractivity contribution < 1.29 is 4.74 Å². The molecule has 3 nitrogen and oxygen atoms in total. The maximum absolute atomic E-state index is 5.69. The Kier molecular flexibility index (Phi) is 4.97. The summed E-state index contributed by atoms with van der Waals surface area (Å²) in [5, 5.41) is 4.59. The van der Waals surface area contributed by atoms with E-state index in [-0.39, 0.29) is 0 Å². The molecule has 2 fully saturated rings. The van der Waals surface area contributed by atoms with Gasteiger partial charge in [-0.15, -0.1) is 0 Å². The van der Waals surface area contributed by atoms with Crippen molar-refractivity contribution in [3.05, 3.63) is 0 Å². The molecule has 2 saturated heterocycles. The third-order valence-electron chi connectivity index (χ3n) is 3.22. The molecule has 2 unspecified atom stereocenters. The fourth-order valence-electron chi connectivity index (χ4n) is 2.09. The van der Waals surface area contributed by atoms with Gasteiger partial charge in [0.2, 0.25) is 0 Å². The fourth-order valence-corrected chi connectivity index (χ4v) is 3.20. The zero-order valence-corrected chi connectivity index (χ0v) is 10.9. The molecule has 16 heavy (non-hydrogen) atoms. The molecular formula is C12H22N2OS. The van der Waals surface area contributed by atoms with Crippen LogP contribution < -0.4 is 5.32 Å². The molecule has 2 aliphatic heterocycles. The average molecular weight is 242 g/mol. The number of hydrogen-bond acceptors (Lipinski definition) is 3. The van der Waals surface area contributed by atoms with Crippen LogP contribution in [0.1, 0.15) is 39.0 Å². The number of rotatable bonds is 4. The van der Waals surface area contributed by atoms with Gasteiger partial charge >= 0.3 is 0 Å². The molecule has 0 spiro atoms. The van der Waals surface area contributed by atoms with Gasteiger partial charge in [0.05, 0.1) is 6.10 Å². The van der Waals surface area contributed by atoms with Crippen LogP contribution in [0.2, 0.25) is 0 Å². The van der Waals surface area contributed by atoms with Gasteiger partial charge in [0.15, 0.2) is 5.17 Å². The van der Waals surface area contributed by atoms with Crippen molar-refractivity contribution in [3.63, 3.8) is 0 Å². The van der Waals surface area contributed by atoms with E-state index < -0.39 is 0 Å². The Morgan fingerprint density at radius 1 is 1.50 bits per heavy atom. The minimum absolute atomic E-state index is 0.464. The summed E-state index contributed by atoms with van der Waals surface area (Å²) in [6.07, 6.45) is 6.53. The SMILES string of the molecule is CCC1CSC(=NCCC2CCCCO2)N1. The van der Waals surface area contributed by atoms with Crippen molar-refractivity contribution >= 4 is 16.9 Å². The maximum Gasteiger partial charge on any atom is 0.156 e. The van der Waals surface area contributed by atoms with E-state index >= 15 is 0 Å². The van der Waals surface area contributed by atoms with Crippen LogP contribution in [0, 0.1) is 0 Å². The summed E-state index contributed by atoms with van der Waals surface area (Å²) in [5.41, 5.74) is 0. The summed E-state index contributed by atoms with van der Waals surface area (Å²) in [4.78, 5) is 4.60. The van der Waals surface area contributed by atoms with Crippen LogP contribution in [0.25, 0.3) is 0 Å². The average Bonchev–Trinajstić information content (AvgIpc) is 2.78. The van der Waals surface area contributed by atoms with Crippen molar-refractivity contribution in [2.45, 2.75) is 51.2 Å². The van der Waals surface area contributed by atoms with Gasteiger partial charge in [0.1, 0.15) is 0 Å². The predicted octanol–water partition coefficient (Wildman–Crippen LogP) is 2.42. The first kappa shape index (κ1) is 12.2. The van der Waals surface area contributed by atoms with E-state index in [4.69, 9.17) is 4.74 Å². The minimum Gasteiger partial charge on any atom is -0.378 e. The molecule has 0 aliphatic carbocycles. The van der Waals surface area contributed by atoms with Gasteiger partial charge in [-0.25, -0.2) is 0 Å². The highest BCUT2D eigenvalue weighted by atomic mass is 32.2. The highest BCUT2D eigenvalue weighted by Gasteiger charge is 2.18. The Hall–Kier alpha value is -0.220. The Bertz CT molecular complexity index is 239. The molecule has 0 bridgehead atoms. The first-order valence-electron chi connectivity index (χ1n) is 6.44. The van der Waals surface area contributed by atoms with E-state index in [0.29, 0.717) is 12.1 Å². The smallest absolute Gasteiger partial charge is 0.156 e. The molecule has 2 heterocycles. The Balaban J connectivity index is 1.65. The second-order valence-electron chi connectivity index (χ2n) is 4.52. The first-order valence-corrected chi connectivity index (χ1v) is 7.42. The summed E-state index contributed by atoms with van der Waals surface area (Å²) in [5.74, 6) is 1.18. The summed E-state index contributed by atoms with van der Waals surface area (Å²) in [7, 11) is 0. The lowest BCUT2D eigenvalue weighted by molar-refractivity contribution is 0.0129. The molecule has 0 aromatic heterocycles. The predicted molar refractivity (Wildman–Crippen MR) is 70.2 cm³/mol. The van der Waals surface area contributed by atoms with E-state index in [0.717, 1.165) is 24.7 Å². The normalized spacial score (nSPS) is 32.9. The Morgan fingerprint density at radius 3 is 3.12 bits per heavy atom. The monoisotopic (exact) mass is 242 g/mol. The number of nitrogens with one attached hydrogen (secondary N) is 1. The molecule has 0 aromatic rings. The van der Waals surface area contributed by atoms with Gasteiger partial charge in [-0.1, -0.05) is 18.7 Å². The number of amidine groups is 1. The van der Waals surface area contributed by atoms with E-state index in [1.165, 1.54) is 31.4 Å². The molecule has 2 atom stereocenters. The van der Waals surface area contributed by atoms with Gasteiger partial charge in [-0.2, -0.15) is 0 Å². The molecule has 2 aliphatic rings. The largest absolute Gasteiger partial charge is 0.378 e. The standard InChI is InChI=1S/C12H22N2OS/c1-2-10-9-16-12(14-10)13-7-6-11-5-3-4-8-15-11/h10-11H,2-9H2,1H3,(H,13,14). The van der Waals surface area contributed by atoms with E-state index in [9.17, 15) is 0 Å². The van der Waals surface area contributed by atoms with Crippen LogP contribution in [0.3, 0.4) is 0 Å². The maximum atomic E-state index is 5.69. The molecule has 0 amide bonds. The van der Waals surface area contributed by atoms with Gasteiger partial charge in [-0.05, 0) is 32.1 Å². The van der Waals surface area contributed by atoms with Crippen LogP contribution in [0.15, 0.2) is 4.99 Å². The number of aliphatic imine (C=N–C) groups is 1. The summed E-state index contributed by atoms with van der Waals surface area (Å²) in [6, 6.07) is 0.634. The highest BCUT2D eigenvalue weighted by Crippen LogP contribution is 2.18. The van der Waals surface area contributed by atoms with Crippen molar-refractivity contribution in [2.75, 3.05) is 18.9 Å². The lowest BCUT2D eigenvalue weighted by Crippen LogP contribution is -2.26. The van der Waals surface area contributed by atoms with Crippen LogP contribution >= 0.6 is 11.8 Å². The Labute approximate surface area is 102 Å². The third-order valence-corrected chi connectivity index (χ3v) is 4.31.